The second-order valence-electron chi connectivity index (χ2n) is 13.9. The zero-order valence-electron chi connectivity index (χ0n) is 25.9. The quantitative estimate of drug-likeness (QED) is 0.127. The Morgan fingerprint density at radius 3 is 1.84 bits per heavy atom. The summed E-state index contributed by atoms with van der Waals surface area (Å²) in [5, 5.41) is 16.8. The smallest absolute Gasteiger partial charge is 0.239 e. The van der Waals surface area contributed by atoms with Crippen molar-refractivity contribution in [2.45, 2.75) is 70.6 Å². The fourth-order valence-corrected chi connectivity index (χ4v) is 7.72. The van der Waals surface area contributed by atoms with Crippen LogP contribution in [0.25, 0.3) is 0 Å². The average Bonchev–Trinajstić information content (AvgIpc) is 3.24. The molecule has 242 valence electrons. The SMILES string of the molecule is CC12CC[C@@](C(=O)Nc3ccc(Nc4nc(N5C[C@H](N)C[C@H](N)C5)nc(N5C[C@H](N)C[C@H](N)C5)n4)cc3O)(C(=O)C1=O)C2(C)C. The second-order valence-corrected chi connectivity index (χ2v) is 13.9. The van der Waals surface area contributed by atoms with Gasteiger partial charge >= 0.3 is 0 Å². The van der Waals surface area contributed by atoms with Gasteiger partial charge in [-0.1, -0.05) is 20.8 Å². The maximum absolute atomic E-state index is 13.6. The minimum absolute atomic E-state index is 0.112. The lowest BCUT2D eigenvalue weighted by atomic mass is 9.64. The van der Waals surface area contributed by atoms with Crippen LogP contribution in [0.3, 0.4) is 0 Å². The third kappa shape index (κ3) is 4.98. The molecule has 2 aliphatic heterocycles. The van der Waals surface area contributed by atoms with Crippen molar-refractivity contribution < 1.29 is 19.5 Å². The molecule has 2 aromatic rings. The highest BCUT2D eigenvalue weighted by Gasteiger charge is 2.77. The van der Waals surface area contributed by atoms with Crippen LogP contribution < -0.4 is 43.4 Å². The highest BCUT2D eigenvalue weighted by molar-refractivity contribution is 6.49. The van der Waals surface area contributed by atoms with Gasteiger partial charge in [-0.15, -0.1) is 0 Å². The summed E-state index contributed by atoms with van der Waals surface area (Å²) < 4.78 is 0. The summed E-state index contributed by atoms with van der Waals surface area (Å²) in [6, 6.07) is 4.03. The molecule has 1 aromatic carbocycles. The Bertz CT molecular complexity index is 1490. The van der Waals surface area contributed by atoms with E-state index in [1.165, 1.54) is 12.1 Å². The minimum Gasteiger partial charge on any atom is -0.506 e. The van der Waals surface area contributed by atoms with Crippen LogP contribution in [0.5, 0.6) is 5.75 Å². The number of carbonyl (C=O) groups is 3. The molecule has 6 atom stereocenters. The molecule has 4 fully saturated rings. The number of aromatic nitrogens is 3. The van der Waals surface area contributed by atoms with Crippen LogP contribution in [-0.2, 0) is 14.4 Å². The van der Waals surface area contributed by atoms with Crippen molar-refractivity contribution in [1.82, 2.24) is 15.0 Å². The van der Waals surface area contributed by atoms with Crippen molar-refractivity contribution in [3.63, 3.8) is 0 Å². The molecule has 2 saturated carbocycles. The molecule has 1 unspecified atom stereocenters. The third-order valence-electron chi connectivity index (χ3n) is 10.6. The van der Waals surface area contributed by atoms with Crippen molar-refractivity contribution in [1.29, 1.82) is 0 Å². The summed E-state index contributed by atoms with van der Waals surface area (Å²) in [7, 11) is 0. The van der Waals surface area contributed by atoms with Gasteiger partial charge in [0, 0.05) is 67.5 Å². The van der Waals surface area contributed by atoms with Crippen LogP contribution in [0, 0.1) is 16.2 Å². The number of hydrogen-bond acceptors (Lipinski definition) is 14. The van der Waals surface area contributed by atoms with E-state index in [2.05, 4.69) is 20.6 Å². The molecule has 0 spiro atoms. The molecule has 15 heteroatoms. The van der Waals surface area contributed by atoms with E-state index in [1.54, 1.807) is 26.8 Å². The number of hydrogen-bond donors (Lipinski definition) is 7. The molecule has 2 bridgehead atoms. The van der Waals surface area contributed by atoms with E-state index < -0.39 is 33.7 Å². The van der Waals surface area contributed by atoms with Crippen molar-refractivity contribution in [3.8, 4) is 5.75 Å². The Morgan fingerprint density at radius 2 is 1.38 bits per heavy atom. The van der Waals surface area contributed by atoms with Crippen molar-refractivity contribution in [2.75, 3.05) is 46.6 Å². The summed E-state index contributed by atoms with van der Waals surface area (Å²) in [5.74, 6) is -0.987. The molecular weight excluding hydrogens is 578 g/mol. The molecule has 2 saturated heterocycles. The Morgan fingerprint density at radius 1 is 0.844 bits per heavy atom. The van der Waals surface area contributed by atoms with Gasteiger partial charge in [-0.25, -0.2) is 0 Å². The number of anilines is 5. The Hall–Kier alpha value is -3.92. The van der Waals surface area contributed by atoms with Gasteiger partial charge in [0.25, 0.3) is 0 Å². The monoisotopic (exact) mass is 621 g/mol. The molecule has 11 N–H and O–H groups in total. The van der Waals surface area contributed by atoms with Gasteiger partial charge in [0.2, 0.25) is 35.3 Å². The number of rotatable bonds is 6. The van der Waals surface area contributed by atoms with Gasteiger partial charge in [-0.3, -0.25) is 14.4 Å². The molecule has 45 heavy (non-hydrogen) atoms. The maximum atomic E-state index is 13.6. The summed E-state index contributed by atoms with van der Waals surface area (Å²) in [6.45, 7) is 7.44. The van der Waals surface area contributed by atoms with Crippen LogP contribution in [0.2, 0.25) is 0 Å². The lowest BCUT2D eigenvalue weighted by Crippen LogP contribution is -2.54. The molecule has 2 aliphatic carbocycles. The molecule has 3 heterocycles. The number of amides is 1. The second kappa shape index (κ2) is 10.9. The first kappa shape index (κ1) is 31.1. The molecule has 1 amide bonds. The third-order valence-corrected chi connectivity index (χ3v) is 10.6. The van der Waals surface area contributed by atoms with E-state index in [0.29, 0.717) is 63.0 Å². The molecular formula is C30H43N11O4. The highest BCUT2D eigenvalue weighted by atomic mass is 16.3. The molecule has 0 radical (unpaired) electrons. The van der Waals surface area contributed by atoms with Crippen molar-refractivity contribution in [2.24, 2.45) is 39.2 Å². The number of nitrogens with one attached hydrogen (secondary N) is 2. The Balaban J connectivity index is 1.26. The lowest BCUT2D eigenvalue weighted by molar-refractivity contribution is -0.147. The number of piperidine rings is 2. The first-order valence-electron chi connectivity index (χ1n) is 15.4. The summed E-state index contributed by atoms with van der Waals surface area (Å²) >= 11 is 0. The van der Waals surface area contributed by atoms with E-state index in [0.717, 1.165) is 0 Å². The van der Waals surface area contributed by atoms with E-state index in [9.17, 15) is 19.5 Å². The summed E-state index contributed by atoms with van der Waals surface area (Å²) in [4.78, 5) is 57.4. The standard InChI is InChI=1S/C30H43N11O4/c1-28(2)29(3)6-7-30(28,23(44)22(29)43)24(45)36-20-5-4-19(10-21(20)42)35-25-37-26(40-11-15(31)8-16(32)12-40)39-27(38-25)41-13-17(33)9-18(34)14-41/h4-5,10,15-18,42H,6-9,11-14,31-34H2,1-3H3,(H,36,45)(H,35,37,38,39)/t15-,16+,17-,18+,29?,30-/m0/s1. The van der Waals surface area contributed by atoms with Crippen LogP contribution in [-0.4, -0.2) is 87.9 Å². The zero-order chi connectivity index (χ0) is 32.5. The predicted octanol–water partition coefficient (Wildman–Crippen LogP) is -0.0468. The molecule has 4 aliphatic rings. The number of carbonyl (C=O) groups excluding carboxylic acids is 3. The van der Waals surface area contributed by atoms with Crippen LogP contribution >= 0.6 is 0 Å². The normalized spacial score (nSPS) is 32.6. The Labute approximate surface area is 261 Å². The number of Topliss-reactive ketones (excluding diaryl/α,β-unsaturated/α-hetero) is 2. The fourth-order valence-electron chi connectivity index (χ4n) is 7.72. The number of ketones is 2. The summed E-state index contributed by atoms with van der Waals surface area (Å²) in [6.07, 6.45) is 2.12. The number of benzene rings is 1. The summed E-state index contributed by atoms with van der Waals surface area (Å²) in [5.41, 5.74) is 22.3. The van der Waals surface area contributed by atoms with Crippen molar-refractivity contribution in [3.05, 3.63) is 18.2 Å². The van der Waals surface area contributed by atoms with E-state index in [-0.39, 0.29) is 48.0 Å². The van der Waals surface area contributed by atoms with Gasteiger partial charge in [-0.05, 0) is 43.2 Å². The lowest BCUT2D eigenvalue weighted by Gasteiger charge is -2.37. The highest BCUT2D eigenvalue weighted by Crippen LogP contribution is 2.69. The van der Waals surface area contributed by atoms with Crippen LogP contribution in [0.4, 0.5) is 29.2 Å². The first-order chi connectivity index (χ1) is 21.1. The minimum atomic E-state index is -1.49. The van der Waals surface area contributed by atoms with Crippen LogP contribution in [0.15, 0.2) is 18.2 Å². The van der Waals surface area contributed by atoms with Gasteiger partial charge in [0.15, 0.2) is 0 Å². The molecule has 1 aromatic heterocycles. The van der Waals surface area contributed by atoms with Gasteiger partial charge in [-0.2, -0.15) is 15.0 Å². The molecule has 6 rings (SSSR count). The zero-order valence-corrected chi connectivity index (χ0v) is 25.9. The van der Waals surface area contributed by atoms with Crippen molar-refractivity contribution >= 4 is 46.7 Å². The number of nitrogens with two attached hydrogens (primary N) is 4. The fraction of sp³-hybridized carbons (Fsp3) is 0.600. The van der Waals surface area contributed by atoms with E-state index in [1.807, 2.05) is 9.80 Å². The van der Waals surface area contributed by atoms with E-state index >= 15 is 0 Å². The van der Waals surface area contributed by atoms with Crippen LogP contribution in [0.1, 0.15) is 46.5 Å². The Kier molecular flexibility index (Phi) is 7.50. The maximum Gasteiger partial charge on any atom is 0.239 e. The number of aromatic hydroxyl groups is 1. The molecule has 15 nitrogen and oxygen atoms in total. The number of phenolic OH excluding ortho intramolecular Hbond substituents is 1. The van der Waals surface area contributed by atoms with E-state index in [4.69, 9.17) is 27.9 Å². The number of phenols is 1. The van der Waals surface area contributed by atoms with Gasteiger partial charge in [0.1, 0.15) is 11.2 Å². The largest absolute Gasteiger partial charge is 0.506 e. The average molecular weight is 622 g/mol. The topological polar surface area (TPSA) is 245 Å². The first-order valence-corrected chi connectivity index (χ1v) is 15.4. The predicted molar refractivity (Wildman–Crippen MR) is 169 cm³/mol. The van der Waals surface area contributed by atoms with Gasteiger partial charge < -0.3 is 48.5 Å². The van der Waals surface area contributed by atoms with Gasteiger partial charge in [0.05, 0.1) is 5.69 Å². The number of nitrogens with zero attached hydrogens (tertiary/aromatic N) is 5. The number of fused-ring (bicyclic) bond motifs is 2.